The molecule has 0 bridgehead atoms. The standard InChI is InChI=1S/C21H22N4S/c1-3-7-18(8-4-1)16-26-21-15-20(22-17-23-21)25-13-11-24(12-14-25)19-9-5-2-6-10-19/h1-10,15,17H,11-14,16H2. The van der Waals surface area contributed by atoms with E-state index in [4.69, 9.17) is 0 Å². The summed E-state index contributed by atoms with van der Waals surface area (Å²) < 4.78 is 0. The van der Waals surface area contributed by atoms with Gasteiger partial charge in [-0.05, 0) is 17.7 Å². The molecule has 1 aliphatic heterocycles. The summed E-state index contributed by atoms with van der Waals surface area (Å²) >= 11 is 1.76. The van der Waals surface area contributed by atoms with Gasteiger partial charge in [0.15, 0.2) is 0 Å². The molecule has 2 aromatic carbocycles. The Kier molecular flexibility index (Phi) is 5.36. The molecule has 0 spiro atoms. The van der Waals surface area contributed by atoms with Crippen molar-refractivity contribution in [1.29, 1.82) is 0 Å². The maximum atomic E-state index is 4.50. The highest BCUT2D eigenvalue weighted by Crippen LogP contribution is 2.24. The minimum Gasteiger partial charge on any atom is -0.368 e. The number of piperazine rings is 1. The highest BCUT2D eigenvalue weighted by Gasteiger charge is 2.18. The fraction of sp³-hybridized carbons (Fsp3) is 0.238. The minimum atomic E-state index is 0.930. The first-order valence-corrected chi connectivity index (χ1v) is 9.91. The zero-order valence-electron chi connectivity index (χ0n) is 14.7. The van der Waals surface area contributed by atoms with Gasteiger partial charge in [-0.2, -0.15) is 0 Å². The van der Waals surface area contributed by atoms with Crippen LogP contribution in [0.1, 0.15) is 5.56 Å². The number of aromatic nitrogens is 2. The second-order valence-electron chi connectivity index (χ2n) is 6.30. The summed E-state index contributed by atoms with van der Waals surface area (Å²) in [4.78, 5) is 13.7. The van der Waals surface area contributed by atoms with Gasteiger partial charge in [-0.3, -0.25) is 0 Å². The molecule has 0 aliphatic carbocycles. The van der Waals surface area contributed by atoms with Gasteiger partial charge in [0.2, 0.25) is 0 Å². The van der Waals surface area contributed by atoms with Crippen molar-refractivity contribution in [3.8, 4) is 0 Å². The van der Waals surface area contributed by atoms with Gasteiger partial charge < -0.3 is 9.80 Å². The summed E-state index contributed by atoms with van der Waals surface area (Å²) in [6, 6.07) is 23.2. The van der Waals surface area contributed by atoms with Crippen LogP contribution in [0.25, 0.3) is 0 Å². The molecule has 2 heterocycles. The molecular formula is C21H22N4S. The van der Waals surface area contributed by atoms with Crippen molar-refractivity contribution in [2.45, 2.75) is 10.8 Å². The van der Waals surface area contributed by atoms with Gasteiger partial charge in [0.05, 0.1) is 0 Å². The molecule has 0 unspecified atom stereocenters. The maximum Gasteiger partial charge on any atom is 0.133 e. The van der Waals surface area contributed by atoms with Crippen LogP contribution in [0.5, 0.6) is 0 Å². The Bertz CT molecular complexity index is 818. The third kappa shape index (κ3) is 4.17. The lowest BCUT2D eigenvalue weighted by atomic mass is 10.2. The molecule has 1 saturated heterocycles. The largest absolute Gasteiger partial charge is 0.368 e. The lowest BCUT2D eigenvalue weighted by Gasteiger charge is -2.36. The molecule has 1 aromatic heterocycles. The molecule has 0 N–H and O–H groups in total. The molecule has 4 nitrogen and oxygen atoms in total. The van der Waals surface area contributed by atoms with Crippen molar-refractivity contribution in [2.75, 3.05) is 36.0 Å². The van der Waals surface area contributed by atoms with Crippen molar-refractivity contribution in [3.63, 3.8) is 0 Å². The van der Waals surface area contributed by atoms with E-state index in [2.05, 4.69) is 80.4 Å². The van der Waals surface area contributed by atoms with E-state index < -0.39 is 0 Å². The van der Waals surface area contributed by atoms with Crippen LogP contribution in [-0.2, 0) is 5.75 Å². The molecule has 0 saturated carbocycles. The molecule has 0 atom stereocenters. The number of hydrogen-bond acceptors (Lipinski definition) is 5. The molecule has 132 valence electrons. The van der Waals surface area contributed by atoms with Crippen molar-refractivity contribution in [1.82, 2.24) is 9.97 Å². The summed E-state index contributed by atoms with van der Waals surface area (Å²) in [5.41, 5.74) is 2.61. The van der Waals surface area contributed by atoms with Crippen LogP contribution in [0, 0.1) is 0 Å². The smallest absolute Gasteiger partial charge is 0.133 e. The van der Waals surface area contributed by atoms with Gasteiger partial charge in [-0.15, -0.1) is 11.8 Å². The van der Waals surface area contributed by atoms with Gasteiger partial charge in [0.25, 0.3) is 0 Å². The predicted molar refractivity (Wildman–Crippen MR) is 109 cm³/mol. The molecule has 0 radical (unpaired) electrons. The Morgan fingerprint density at radius 1 is 0.769 bits per heavy atom. The van der Waals surface area contributed by atoms with Crippen LogP contribution in [0.3, 0.4) is 0 Å². The Hall–Kier alpha value is -2.53. The number of benzene rings is 2. The van der Waals surface area contributed by atoms with Crippen molar-refractivity contribution in [2.24, 2.45) is 0 Å². The molecule has 26 heavy (non-hydrogen) atoms. The van der Waals surface area contributed by atoms with Gasteiger partial charge in [0, 0.05) is 43.7 Å². The third-order valence-electron chi connectivity index (χ3n) is 4.58. The number of thioether (sulfide) groups is 1. The van der Waals surface area contributed by atoms with Crippen LogP contribution in [0.15, 0.2) is 78.1 Å². The summed E-state index contributed by atoms with van der Waals surface area (Å²) in [5.74, 6) is 1.96. The Balaban J connectivity index is 1.36. The first-order chi connectivity index (χ1) is 12.9. The van der Waals surface area contributed by atoms with E-state index in [1.807, 2.05) is 6.07 Å². The number of hydrogen-bond donors (Lipinski definition) is 0. The highest BCUT2D eigenvalue weighted by atomic mass is 32.2. The lowest BCUT2D eigenvalue weighted by molar-refractivity contribution is 0.645. The second-order valence-corrected chi connectivity index (χ2v) is 7.29. The number of anilines is 2. The summed E-state index contributed by atoms with van der Waals surface area (Å²) in [6.45, 7) is 3.99. The van der Waals surface area contributed by atoms with E-state index in [0.717, 1.165) is 42.8 Å². The molecule has 4 rings (SSSR count). The number of nitrogens with zero attached hydrogens (tertiary/aromatic N) is 4. The van der Waals surface area contributed by atoms with Crippen LogP contribution in [-0.4, -0.2) is 36.1 Å². The van der Waals surface area contributed by atoms with E-state index in [-0.39, 0.29) is 0 Å². The van der Waals surface area contributed by atoms with E-state index in [1.165, 1.54) is 11.3 Å². The Morgan fingerprint density at radius 2 is 1.42 bits per heavy atom. The maximum absolute atomic E-state index is 4.50. The van der Waals surface area contributed by atoms with Crippen molar-refractivity contribution >= 4 is 23.3 Å². The van der Waals surface area contributed by atoms with E-state index in [9.17, 15) is 0 Å². The van der Waals surface area contributed by atoms with Gasteiger partial charge in [-0.1, -0.05) is 48.5 Å². The first kappa shape index (κ1) is 16.9. The Morgan fingerprint density at radius 3 is 2.15 bits per heavy atom. The predicted octanol–water partition coefficient (Wildman–Crippen LogP) is 4.10. The van der Waals surface area contributed by atoms with Crippen LogP contribution in [0.2, 0.25) is 0 Å². The zero-order chi connectivity index (χ0) is 17.6. The summed E-state index contributed by atoms with van der Waals surface area (Å²) in [7, 11) is 0. The molecule has 1 fully saturated rings. The first-order valence-electron chi connectivity index (χ1n) is 8.92. The fourth-order valence-electron chi connectivity index (χ4n) is 3.15. The average molecular weight is 363 g/mol. The van der Waals surface area contributed by atoms with Crippen LogP contribution in [0.4, 0.5) is 11.5 Å². The monoisotopic (exact) mass is 362 g/mol. The average Bonchev–Trinajstić information content (AvgIpc) is 2.74. The highest BCUT2D eigenvalue weighted by molar-refractivity contribution is 7.98. The van der Waals surface area contributed by atoms with E-state index >= 15 is 0 Å². The van der Waals surface area contributed by atoms with Crippen LogP contribution < -0.4 is 9.80 Å². The quantitative estimate of drug-likeness (QED) is 0.504. The Labute approximate surface area is 158 Å². The normalized spacial score (nSPS) is 14.5. The summed E-state index contributed by atoms with van der Waals surface area (Å²) in [6.07, 6.45) is 1.69. The SMILES string of the molecule is c1ccc(CSc2cc(N3CCN(c4ccccc4)CC3)ncn2)cc1. The number of para-hydroxylation sites is 1. The molecule has 5 heteroatoms. The second kappa shape index (κ2) is 8.23. The van der Waals surface area contributed by atoms with Gasteiger partial charge in [-0.25, -0.2) is 9.97 Å². The van der Waals surface area contributed by atoms with Crippen molar-refractivity contribution < 1.29 is 0 Å². The third-order valence-corrected chi connectivity index (χ3v) is 5.58. The topological polar surface area (TPSA) is 32.3 Å². The zero-order valence-corrected chi connectivity index (χ0v) is 15.5. The van der Waals surface area contributed by atoms with Crippen LogP contribution >= 0.6 is 11.8 Å². The van der Waals surface area contributed by atoms with Gasteiger partial charge in [0.1, 0.15) is 17.2 Å². The molecule has 0 amide bonds. The summed E-state index contributed by atoms with van der Waals surface area (Å²) in [5, 5.41) is 1.03. The lowest BCUT2D eigenvalue weighted by Crippen LogP contribution is -2.46. The van der Waals surface area contributed by atoms with E-state index in [0.29, 0.717) is 0 Å². The van der Waals surface area contributed by atoms with E-state index in [1.54, 1.807) is 18.1 Å². The molecule has 1 aliphatic rings. The van der Waals surface area contributed by atoms with Crippen molar-refractivity contribution in [3.05, 3.63) is 78.6 Å². The fourth-order valence-corrected chi connectivity index (χ4v) is 3.96. The molecular weight excluding hydrogens is 340 g/mol. The molecule has 3 aromatic rings. The minimum absolute atomic E-state index is 0.930. The number of rotatable bonds is 5. The van der Waals surface area contributed by atoms with Gasteiger partial charge >= 0.3 is 0 Å².